The highest BCUT2D eigenvalue weighted by molar-refractivity contribution is 7.12. The van der Waals surface area contributed by atoms with Crippen molar-refractivity contribution in [2.45, 2.75) is 32.4 Å². The van der Waals surface area contributed by atoms with E-state index in [1.807, 2.05) is 36.6 Å². The average Bonchev–Trinajstić information content (AvgIpc) is 3.20. The molecule has 0 bridgehead atoms. The highest BCUT2D eigenvalue weighted by atomic mass is 32.1. The Morgan fingerprint density at radius 3 is 3.00 bits per heavy atom. The van der Waals surface area contributed by atoms with Crippen LogP contribution in [0, 0.1) is 11.3 Å². The maximum atomic E-state index is 12.6. The number of carbonyl (C=O) groups excluding carboxylic acids is 1. The van der Waals surface area contributed by atoms with E-state index in [2.05, 4.69) is 27.8 Å². The van der Waals surface area contributed by atoms with E-state index in [-0.39, 0.29) is 11.9 Å². The predicted molar refractivity (Wildman–Crippen MR) is 124 cm³/mol. The molecule has 3 heterocycles. The summed E-state index contributed by atoms with van der Waals surface area (Å²) in [5.74, 6) is 0.610. The van der Waals surface area contributed by atoms with Crippen LogP contribution in [-0.2, 0) is 6.54 Å². The van der Waals surface area contributed by atoms with Crippen LogP contribution in [0.15, 0.2) is 41.2 Å². The third-order valence-corrected chi connectivity index (χ3v) is 6.61. The molecule has 0 spiro atoms. The Hall–Kier alpha value is -3.15. The van der Waals surface area contributed by atoms with Crippen molar-refractivity contribution in [2.24, 2.45) is 10.7 Å². The van der Waals surface area contributed by atoms with Crippen molar-refractivity contribution in [1.82, 2.24) is 15.1 Å². The fourth-order valence-corrected chi connectivity index (χ4v) is 4.99. The summed E-state index contributed by atoms with van der Waals surface area (Å²) in [5.41, 5.74) is 9.82. The second-order valence-electron chi connectivity index (χ2n) is 7.75. The van der Waals surface area contributed by atoms with E-state index in [9.17, 15) is 10.1 Å². The van der Waals surface area contributed by atoms with E-state index in [4.69, 9.17) is 10.7 Å². The lowest BCUT2D eigenvalue weighted by atomic mass is 10.1. The molecule has 8 heteroatoms. The number of hydrogen-bond donors (Lipinski definition) is 2. The zero-order chi connectivity index (χ0) is 22.0. The molecule has 2 aliphatic heterocycles. The summed E-state index contributed by atoms with van der Waals surface area (Å²) >= 11 is 1.47. The normalized spacial score (nSPS) is 18.3. The van der Waals surface area contributed by atoms with Gasteiger partial charge in [-0.15, -0.1) is 11.3 Å². The number of likely N-dealkylation sites (tertiary alicyclic amines) is 1. The third kappa shape index (κ3) is 4.07. The molecule has 1 amide bonds. The average molecular weight is 435 g/mol. The first-order chi connectivity index (χ1) is 15.0. The van der Waals surface area contributed by atoms with Gasteiger partial charge in [0.15, 0.2) is 0 Å². The second-order valence-corrected chi connectivity index (χ2v) is 8.63. The Morgan fingerprint density at radius 1 is 1.45 bits per heavy atom. The Bertz CT molecular complexity index is 1080. The summed E-state index contributed by atoms with van der Waals surface area (Å²) < 4.78 is 0. The zero-order valence-corrected chi connectivity index (χ0v) is 18.4. The predicted octanol–water partition coefficient (Wildman–Crippen LogP) is 3.27. The van der Waals surface area contributed by atoms with E-state index < -0.39 is 0 Å². The summed E-state index contributed by atoms with van der Waals surface area (Å²) in [4.78, 5) is 22.7. The topological polar surface area (TPSA) is 97.8 Å². The molecule has 2 aromatic rings. The van der Waals surface area contributed by atoms with Gasteiger partial charge in [0.2, 0.25) is 5.96 Å². The minimum atomic E-state index is -0.130. The van der Waals surface area contributed by atoms with Gasteiger partial charge in [-0.3, -0.25) is 4.79 Å². The Morgan fingerprint density at radius 2 is 2.26 bits per heavy atom. The fraction of sp³-hybridized carbons (Fsp3) is 0.348. The van der Waals surface area contributed by atoms with Gasteiger partial charge in [0.25, 0.3) is 5.91 Å². The summed E-state index contributed by atoms with van der Waals surface area (Å²) in [7, 11) is 0. The van der Waals surface area contributed by atoms with Gasteiger partial charge in [-0.25, -0.2) is 4.99 Å². The van der Waals surface area contributed by atoms with Gasteiger partial charge in [0.1, 0.15) is 0 Å². The van der Waals surface area contributed by atoms with Crippen LogP contribution < -0.4 is 11.1 Å². The summed E-state index contributed by atoms with van der Waals surface area (Å²) in [6, 6.07) is 9.91. The molecule has 1 aromatic carbocycles. The molecule has 0 saturated carbocycles. The maximum absolute atomic E-state index is 12.6. The third-order valence-electron chi connectivity index (χ3n) is 5.59. The van der Waals surface area contributed by atoms with Gasteiger partial charge in [-0.2, -0.15) is 5.26 Å². The quantitative estimate of drug-likeness (QED) is 0.770. The van der Waals surface area contributed by atoms with Crippen LogP contribution in [0.1, 0.15) is 46.1 Å². The highest BCUT2D eigenvalue weighted by Crippen LogP contribution is 2.42. The van der Waals surface area contributed by atoms with Crippen molar-refractivity contribution in [3.05, 3.63) is 57.8 Å². The van der Waals surface area contributed by atoms with E-state index in [1.54, 1.807) is 0 Å². The molecule has 0 aliphatic carbocycles. The molecule has 3 N–H and O–H groups in total. The van der Waals surface area contributed by atoms with Gasteiger partial charge in [0.05, 0.1) is 40.0 Å². The number of hydrogen-bond acceptors (Lipinski definition) is 7. The monoisotopic (exact) mass is 434 g/mol. The number of benzene rings is 1. The van der Waals surface area contributed by atoms with Gasteiger partial charge in [-0.05, 0) is 31.4 Å². The van der Waals surface area contributed by atoms with Crippen LogP contribution in [0.2, 0.25) is 0 Å². The zero-order valence-electron chi connectivity index (χ0n) is 17.6. The number of piperidine rings is 1. The van der Waals surface area contributed by atoms with Gasteiger partial charge in [-0.1, -0.05) is 24.8 Å². The maximum Gasteiger partial charge on any atom is 0.254 e. The summed E-state index contributed by atoms with van der Waals surface area (Å²) in [6.07, 6.45) is 1.96. The Kier molecular flexibility index (Phi) is 6.07. The van der Waals surface area contributed by atoms with Crippen LogP contribution in [0.25, 0.3) is 5.70 Å². The highest BCUT2D eigenvalue weighted by Gasteiger charge is 2.33. The smallest absolute Gasteiger partial charge is 0.254 e. The molecule has 2 aliphatic rings. The molecule has 31 heavy (non-hydrogen) atoms. The van der Waals surface area contributed by atoms with Crippen molar-refractivity contribution in [1.29, 1.82) is 5.26 Å². The first kappa shape index (κ1) is 21.1. The first-order valence-corrected chi connectivity index (χ1v) is 11.3. The molecular formula is C23H26N6OS. The van der Waals surface area contributed by atoms with Gasteiger partial charge < -0.3 is 20.9 Å². The number of nitrogens with zero attached hydrogens (tertiary/aromatic N) is 4. The van der Waals surface area contributed by atoms with Crippen LogP contribution in [0.5, 0.6) is 0 Å². The number of amides is 1. The number of rotatable bonds is 4. The molecule has 0 unspecified atom stereocenters. The van der Waals surface area contributed by atoms with Crippen molar-refractivity contribution in [2.75, 3.05) is 19.6 Å². The van der Waals surface area contributed by atoms with Crippen LogP contribution >= 0.6 is 11.3 Å². The number of nitrogens with one attached hydrogen (secondary N) is 1. The van der Waals surface area contributed by atoms with Crippen molar-refractivity contribution >= 4 is 34.6 Å². The molecular weight excluding hydrogens is 408 g/mol. The van der Waals surface area contributed by atoms with Gasteiger partial charge >= 0.3 is 0 Å². The molecule has 1 atom stereocenters. The fourth-order valence-electron chi connectivity index (χ4n) is 4.02. The van der Waals surface area contributed by atoms with Crippen LogP contribution in [0.3, 0.4) is 0 Å². The lowest BCUT2D eigenvalue weighted by Gasteiger charge is -2.40. The van der Waals surface area contributed by atoms with E-state index in [1.165, 1.54) is 11.3 Å². The number of thiophene rings is 1. The molecule has 160 valence electrons. The molecule has 1 aromatic heterocycles. The lowest BCUT2D eigenvalue weighted by molar-refractivity contribution is 0.0957. The van der Waals surface area contributed by atoms with E-state index in [0.717, 1.165) is 41.5 Å². The molecule has 1 saturated heterocycles. The first-order valence-electron chi connectivity index (χ1n) is 10.5. The number of carbonyl (C=O) groups is 1. The number of nitrogens with two attached hydrogens (primary N) is 1. The minimum Gasteiger partial charge on any atom is -0.352 e. The minimum absolute atomic E-state index is 0.0738. The summed E-state index contributed by atoms with van der Waals surface area (Å²) in [6.45, 7) is 8.81. The number of nitriles is 1. The number of aliphatic imine (C=N–C) groups is 1. The molecule has 7 nitrogen and oxygen atoms in total. The molecule has 0 radical (unpaired) electrons. The van der Waals surface area contributed by atoms with Crippen molar-refractivity contribution < 1.29 is 4.79 Å². The van der Waals surface area contributed by atoms with E-state index in [0.29, 0.717) is 36.4 Å². The van der Waals surface area contributed by atoms with Gasteiger partial charge in [0, 0.05) is 31.1 Å². The SMILES string of the molecule is C=C1c2scc(C(=O)NCC)c2N=C(N2CCC[C@@H](N)C2)N1Cc1ccccc1C#N. The molecule has 4 rings (SSSR count). The Balaban J connectivity index is 1.77. The van der Waals surface area contributed by atoms with Crippen LogP contribution in [-0.4, -0.2) is 47.3 Å². The van der Waals surface area contributed by atoms with Crippen molar-refractivity contribution in [3.8, 4) is 6.07 Å². The lowest BCUT2D eigenvalue weighted by Crippen LogP contribution is -2.51. The molecule has 1 fully saturated rings. The largest absolute Gasteiger partial charge is 0.352 e. The number of fused-ring (bicyclic) bond motifs is 1. The number of guanidine groups is 1. The summed E-state index contributed by atoms with van der Waals surface area (Å²) in [5, 5.41) is 14.3. The van der Waals surface area contributed by atoms with Crippen LogP contribution in [0.4, 0.5) is 5.69 Å². The Labute approximate surface area is 186 Å². The second kappa shape index (κ2) is 8.92. The van der Waals surface area contributed by atoms with E-state index >= 15 is 0 Å². The van der Waals surface area contributed by atoms with Crippen molar-refractivity contribution in [3.63, 3.8) is 0 Å². The standard InChI is InChI=1S/C23H26N6OS/c1-3-26-22(30)19-14-31-21-15(2)29(12-17-8-5-4-7-16(17)11-24)23(27-20(19)21)28-10-6-9-18(25)13-28/h4-5,7-8,14,18H,2-3,6,9-10,12-13,25H2,1H3,(H,26,30)/t18-/m1/s1.